The van der Waals surface area contributed by atoms with Crippen molar-refractivity contribution in [3.05, 3.63) is 35.9 Å². The van der Waals surface area contributed by atoms with Crippen molar-refractivity contribution in [1.82, 2.24) is 10.2 Å². The maximum absolute atomic E-state index is 11.9. The van der Waals surface area contributed by atoms with Gasteiger partial charge in [-0.2, -0.15) is 0 Å². The lowest BCUT2D eigenvalue weighted by atomic mass is 9.84. The van der Waals surface area contributed by atoms with E-state index in [2.05, 4.69) is 40.5 Å². The lowest BCUT2D eigenvalue weighted by Gasteiger charge is -2.32. The number of piperidine rings is 1. The molecular formula is C18H26N2O. The van der Waals surface area contributed by atoms with Gasteiger partial charge in [-0.05, 0) is 50.3 Å². The molecule has 114 valence electrons. The summed E-state index contributed by atoms with van der Waals surface area (Å²) in [6.45, 7) is 4.24. The molecule has 1 aliphatic heterocycles. The third-order valence-electron chi connectivity index (χ3n) is 5.00. The van der Waals surface area contributed by atoms with Crippen LogP contribution in [0.3, 0.4) is 0 Å². The molecule has 1 heterocycles. The molecule has 3 nitrogen and oxygen atoms in total. The van der Waals surface area contributed by atoms with Gasteiger partial charge in [0.05, 0.1) is 0 Å². The zero-order chi connectivity index (χ0) is 14.5. The van der Waals surface area contributed by atoms with E-state index in [0.717, 1.165) is 39.0 Å². The smallest absolute Gasteiger partial charge is 0.223 e. The molecule has 2 fully saturated rings. The highest BCUT2D eigenvalue weighted by molar-refractivity contribution is 5.79. The van der Waals surface area contributed by atoms with Crippen LogP contribution in [-0.2, 0) is 11.3 Å². The summed E-state index contributed by atoms with van der Waals surface area (Å²) in [5.74, 6) is 1.29. The summed E-state index contributed by atoms with van der Waals surface area (Å²) in [4.78, 5) is 14.4. The molecule has 0 aromatic heterocycles. The van der Waals surface area contributed by atoms with Gasteiger partial charge in [0, 0.05) is 19.0 Å². The largest absolute Gasteiger partial charge is 0.356 e. The van der Waals surface area contributed by atoms with Crippen molar-refractivity contribution in [2.45, 2.75) is 38.6 Å². The molecule has 1 N–H and O–H groups in total. The topological polar surface area (TPSA) is 32.3 Å². The van der Waals surface area contributed by atoms with Crippen LogP contribution in [-0.4, -0.2) is 30.4 Å². The minimum absolute atomic E-state index is 0.299. The molecule has 1 aromatic rings. The monoisotopic (exact) mass is 286 g/mol. The minimum atomic E-state index is 0.299. The fourth-order valence-corrected chi connectivity index (χ4v) is 3.25. The first-order valence-electron chi connectivity index (χ1n) is 8.35. The van der Waals surface area contributed by atoms with Crippen LogP contribution < -0.4 is 5.32 Å². The second kappa shape index (κ2) is 7.08. The van der Waals surface area contributed by atoms with E-state index in [-0.39, 0.29) is 0 Å². The van der Waals surface area contributed by atoms with Gasteiger partial charge in [0.1, 0.15) is 0 Å². The molecule has 2 aliphatic rings. The van der Waals surface area contributed by atoms with Crippen LogP contribution in [0.4, 0.5) is 0 Å². The van der Waals surface area contributed by atoms with Crippen LogP contribution in [0.25, 0.3) is 0 Å². The predicted octanol–water partition coefficient (Wildman–Crippen LogP) is 2.81. The van der Waals surface area contributed by atoms with Gasteiger partial charge in [-0.1, -0.05) is 36.8 Å². The quantitative estimate of drug-likeness (QED) is 0.902. The number of amides is 1. The molecular weight excluding hydrogens is 260 g/mol. The Balaban J connectivity index is 1.36. The third-order valence-corrected chi connectivity index (χ3v) is 5.00. The molecule has 3 rings (SSSR count). The number of nitrogens with zero attached hydrogens (tertiary/aromatic N) is 1. The van der Waals surface area contributed by atoms with Crippen molar-refractivity contribution in [3.63, 3.8) is 0 Å². The summed E-state index contributed by atoms with van der Waals surface area (Å²) in [6.07, 6.45) is 5.84. The van der Waals surface area contributed by atoms with Crippen LogP contribution in [0.2, 0.25) is 0 Å². The maximum atomic E-state index is 11.9. The molecule has 0 unspecified atom stereocenters. The first-order chi connectivity index (χ1) is 10.3. The summed E-state index contributed by atoms with van der Waals surface area (Å²) in [5.41, 5.74) is 1.40. The Morgan fingerprint density at radius 1 is 1.10 bits per heavy atom. The van der Waals surface area contributed by atoms with Gasteiger partial charge in [0.2, 0.25) is 5.91 Å². The zero-order valence-electron chi connectivity index (χ0n) is 12.8. The van der Waals surface area contributed by atoms with E-state index in [1.165, 1.54) is 24.8 Å². The van der Waals surface area contributed by atoms with Crippen molar-refractivity contribution < 1.29 is 4.79 Å². The zero-order valence-corrected chi connectivity index (χ0v) is 12.8. The molecule has 1 amide bonds. The second-order valence-electron chi connectivity index (χ2n) is 6.58. The summed E-state index contributed by atoms with van der Waals surface area (Å²) < 4.78 is 0. The van der Waals surface area contributed by atoms with E-state index in [0.29, 0.717) is 17.7 Å². The van der Waals surface area contributed by atoms with Gasteiger partial charge in [0.25, 0.3) is 0 Å². The predicted molar refractivity (Wildman–Crippen MR) is 84.8 cm³/mol. The average Bonchev–Trinajstić information content (AvgIpc) is 2.46. The molecule has 1 aromatic carbocycles. The van der Waals surface area contributed by atoms with E-state index in [4.69, 9.17) is 0 Å². The number of carbonyl (C=O) groups excluding carboxylic acids is 1. The van der Waals surface area contributed by atoms with Crippen LogP contribution in [0.1, 0.15) is 37.7 Å². The first kappa shape index (κ1) is 14.6. The van der Waals surface area contributed by atoms with E-state index >= 15 is 0 Å². The highest BCUT2D eigenvalue weighted by Crippen LogP contribution is 2.26. The van der Waals surface area contributed by atoms with Crippen LogP contribution in [0, 0.1) is 11.8 Å². The Morgan fingerprint density at radius 2 is 1.81 bits per heavy atom. The Bertz CT molecular complexity index is 448. The number of nitrogens with one attached hydrogen (secondary N) is 1. The van der Waals surface area contributed by atoms with Gasteiger partial charge in [-0.25, -0.2) is 0 Å². The van der Waals surface area contributed by atoms with Crippen LogP contribution in [0.5, 0.6) is 0 Å². The van der Waals surface area contributed by atoms with E-state index in [1.54, 1.807) is 0 Å². The normalized spacial score (nSPS) is 21.0. The number of rotatable bonds is 5. The van der Waals surface area contributed by atoms with Gasteiger partial charge in [0.15, 0.2) is 0 Å². The molecule has 0 radical (unpaired) electrons. The third kappa shape index (κ3) is 4.07. The SMILES string of the molecule is O=C(NCC1CCN(Cc2ccccc2)CC1)C1CCC1. The summed E-state index contributed by atoms with van der Waals surface area (Å²) >= 11 is 0. The number of carbonyl (C=O) groups is 1. The minimum Gasteiger partial charge on any atom is -0.356 e. The van der Waals surface area contributed by atoms with Crippen molar-refractivity contribution in [2.24, 2.45) is 11.8 Å². The van der Waals surface area contributed by atoms with Gasteiger partial charge in [-0.3, -0.25) is 9.69 Å². The van der Waals surface area contributed by atoms with Gasteiger partial charge < -0.3 is 5.32 Å². The summed E-state index contributed by atoms with van der Waals surface area (Å²) in [6, 6.07) is 10.7. The standard InChI is InChI=1S/C18H26N2O/c21-18(17-7-4-8-17)19-13-15-9-11-20(12-10-15)14-16-5-2-1-3-6-16/h1-3,5-6,15,17H,4,7-14H2,(H,19,21). The van der Waals surface area contributed by atoms with Gasteiger partial charge in [-0.15, -0.1) is 0 Å². The van der Waals surface area contributed by atoms with Crippen LogP contribution in [0.15, 0.2) is 30.3 Å². The first-order valence-corrected chi connectivity index (χ1v) is 8.35. The Morgan fingerprint density at radius 3 is 2.43 bits per heavy atom. The second-order valence-corrected chi connectivity index (χ2v) is 6.58. The number of benzene rings is 1. The van der Waals surface area contributed by atoms with Crippen molar-refractivity contribution in [1.29, 1.82) is 0 Å². The summed E-state index contributed by atoms with van der Waals surface area (Å²) in [7, 11) is 0. The molecule has 1 saturated heterocycles. The highest BCUT2D eigenvalue weighted by Gasteiger charge is 2.26. The molecule has 3 heteroatoms. The number of likely N-dealkylation sites (tertiary alicyclic amines) is 1. The fourth-order valence-electron chi connectivity index (χ4n) is 3.25. The molecule has 0 atom stereocenters. The average molecular weight is 286 g/mol. The molecule has 0 bridgehead atoms. The molecule has 1 saturated carbocycles. The van der Waals surface area contributed by atoms with Crippen LogP contribution >= 0.6 is 0 Å². The maximum Gasteiger partial charge on any atom is 0.223 e. The lowest BCUT2D eigenvalue weighted by molar-refractivity contribution is -0.127. The van der Waals surface area contributed by atoms with Crippen molar-refractivity contribution in [3.8, 4) is 0 Å². The number of hydrogen-bond acceptors (Lipinski definition) is 2. The lowest BCUT2D eigenvalue weighted by Crippen LogP contribution is -2.41. The Hall–Kier alpha value is -1.35. The molecule has 21 heavy (non-hydrogen) atoms. The Labute approximate surface area is 127 Å². The van der Waals surface area contributed by atoms with E-state index in [9.17, 15) is 4.79 Å². The fraction of sp³-hybridized carbons (Fsp3) is 0.611. The van der Waals surface area contributed by atoms with Crippen molar-refractivity contribution >= 4 is 5.91 Å². The van der Waals surface area contributed by atoms with Gasteiger partial charge >= 0.3 is 0 Å². The van der Waals surface area contributed by atoms with E-state index < -0.39 is 0 Å². The van der Waals surface area contributed by atoms with Crippen molar-refractivity contribution in [2.75, 3.05) is 19.6 Å². The highest BCUT2D eigenvalue weighted by atomic mass is 16.1. The van der Waals surface area contributed by atoms with E-state index in [1.807, 2.05) is 0 Å². The molecule has 0 spiro atoms. The number of hydrogen-bond donors (Lipinski definition) is 1. The Kier molecular flexibility index (Phi) is 4.91. The summed E-state index contributed by atoms with van der Waals surface area (Å²) in [5, 5.41) is 3.16. The molecule has 1 aliphatic carbocycles.